The zero-order valence-electron chi connectivity index (χ0n) is 11.7. The van der Waals surface area contributed by atoms with Gasteiger partial charge >= 0.3 is 0 Å². The Kier molecular flexibility index (Phi) is 4.48. The lowest BCUT2D eigenvalue weighted by molar-refractivity contribution is -0.00738. The molecule has 4 unspecified atom stereocenters. The molecular formula is C15H29NO. The maximum atomic E-state index is 9.96. The molecule has 0 amide bonds. The van der Waals surface area contributed by atoms with Crippen molar-refractivity contribution in [2.45, 2.75) is 65.0 Å². The van der Waals surface area contributed by atoms with Gasteiger partial charge in [-0.2, -0.15) is 0 Å². The maximum Gasteiger partial charge on any atom is 0.0592 e. The molecule has 100 valence electrons. The summed E-state index contributed by atoms with van der Waals surface area (Å²) >= 11 is 0. The van der Waals surface area contributed by atoms with Crippen LogP contribution >= 0.6 is 0 Å². The molecule has 2 fully saturated rings. The molecular weight excluding hydrogens is 210 g/mol. The van der Waals surface area contributed by atoms with Crippen LogP contribution in [0.1, 0.15) is 52.9 Å². The summed E-state index contributed by atoms with van der Waals surface area (Å²) in [5.74, 6) is 2.28. The van der Waals surface area contributed by atoms with Crippen molar-refractivity contribution in [1.29, 1.82) is 0 Å². The summed E-state index contributed by atoms with van der Waals surface area (Å²) in [7, 11) is 0. The zero-order valence-corrected chi connectivity index (χ0v) is 11.7. The normalized spacial score (nSPS) is 44.8. The summed E-state index contributed by atoms with van der Waals surface area (Å²) < 4.78 is 0. The SMILES string of the molecule is CCC1CN(C2CC(C)CC(C)C2)CCC1O. The Bertz CT molecular complexity index is 233. The van der Waals surface area contributed by atoms with Crippen molar-refractivity contribution in [3.8, 4) is 0 Å². The average molecular weight is 239 g/mol. The molecule has 1 saturated carbocycles. The van der Waals surface area contributed by atoms with Crippen LogP contribution in [0.5, 0.6) is 0 Å². The highest BCUT2D eigenvalue weighted by atomic mass is 16.3. The van der Waals surface area contributed by atoms with Crippen molar-refractivity contribution < 1.29 is 5.11 Å². The Labute approximate surface area is 106 Å². The van der Waals surface area contributed by atoms with Crippen LogP contribution in [0, 0.1) is 17.8 Å². The summed E-state index contributed by atoms with van der Waals surface area (Å²) in [6.45, 7) is 9.25. The maximum absolute atomic E-state index is 9.96. The number of likely N-dealkylation sites (tertiary alicyclic amines) is 1. The molecule has 2 nitrogen and oxygen atoms in total. The predicted molar refractivity (Wildman–Crippen MR) is 71.9 cm³/mol. The lowest BCUT2D eigenvalue weighted by Crippen LogP contribution is -2.49. The van der Waals surface area contributed by atoms with E-state index in [9.17, 15) is 5.11 Å². The molecule has 1 aliphatic carbocycles. The second-order valence-corrected chi connectivity index (χ2v) is 6.59. The minimum absolute atomic E-state index is 0.0466. The van der Waals surface area contributed by atoms with E-state index in [-0.39, 0.29) is 6.10 Å². The topological polar surface area (TPSA) is 23.5 Å². The van der Waals surface area contributed by atoms with Gasteiger partial charge in [-0.25, -0.2) is 0 Å². The van der Waals surface area contributed by atoms with Gasteiger partial charge in [-0.05, 0) is 49.9 Å². The number of aliphatic hydroxyl groups is 1. The Hall–Kier alpha value is -0.0800. The van der Waals surface area contributed by atoms with Crippen molar-refractivity contribution in [2.75, 3.05) is 13.1 Å². The molecule has 0 spiro atoms. The summed E-state index contributed by atoms with van der Waals surface area (Å²) in [6.07, 6.45) is 6.21. The van der Waals surface area contributed by atoms with Crippen molar-refractivity contribution in [3.05, 3.63) is 0 Å². The van der Waals surface area contributed by atoms with Gasteiger partial charge in [0.1, 0.15) is 0 Å². The molecule has 1 N–H and O–H groups in total. The second kappa shape index (κ2) is 5.71. The highest BCUT2D eigenvalue weighted by Crippen LogP contribution is 2.33. The lowest BCUT2D eigenvalue weighted by Gasteiger charge is -2.44. The minimum atomic E-state index is -0.0466. The highest BCUT2D eigenvalue weighted by Gasteiger charge is 2.33. The van der Waals surface area contributed by atoms with Crippen LogP contribution in [-0.2, 0) is 0 Å². The zero-order chi connectivity index (χ0) is 12.4. The van der Waals surface area contributed by atoms with Crippen LogP contribution < -0.4 is 0 Å². The quantitative estimate of drug-likeness (QED) is 0.801. The van der Waals surface area contributed by atoms with Crippen LogP contribution in [0.15, 0.2) is 0 Å². The van der Waals surface area contributed by atoms with Crippen molar-refractivity contribution in [1.82, 2.24) is 4.90 Å². The van der Waals surface area contributed by atoms with Crippen molar-refractivity contribution in [3.63, 3.8) is 0 Å². The van der Waals surface area contributed by atoms with Gasteiger partial charge in [0, 0.05) is 19.1 Å². The minimum Gasteiger partial charge on any atom is -0.393 e. The van der Waals surface area contributed by atoms with Gasteiger partial charge < -0.3 is 5.11 Å². The third-order valence-electron chi connectivity index (χ3n) is 4.92. The van der Waals surface area contributed by atoms with E-state index in [0.717, 1.165) is 43.8 Å². The fourth-order valence-corrected chi connectivity index (χ4v) is 3.98. The molecule has 0 aromatic rings. The largest absolute Gasteiger partial charge is 0.393 e. The van der Waals surface area contributed by atoms with Crippen molar-refractivity contribution in [2.24, 2.45) is 17.8 Å². The highest BCUT2D eigenvalue weighted by molar-refractivity contribution is 4.87. The third kappa shape index (κ3) is 3.23. The lowest BCUT2D eigenvalue weighted by atomic mass is 9.78. The number of hydrogen-bond donors (Lipinski definition) is 1. The summed E-state index contributed by atoms with van der Waals surface area (Å²) in [4.78, 5) is 2.67. The standard InChI is InChI=1S/C15H29NO/c1-4-13-10-16(6-5-15(13)17)14-8-11(2)7-12(3)9-14/h11-15,17H,4-10H2,1-3H3. The summed E-state index contributed by atoms with van der Waals surface area (Å²) in [5.41, 5.74) is 0. The fraction of sp³-hybridized carbons (Fsp3) is 1.00. The van der Waals surface area contributed by atoms with E-state index in [1.165, 1.54) is 19.3 Å². The molecule has 0 radical (unpaired) electrons. The van der Waals surface area contributed by atoms with Gasteiger partial charge in [0.15, 0.2) is 0 Å². The van der Waals surface area contributed by atoms with Crippen LogP contribution in [0.3, 0.4) is 0 Å². The van der Waals surface area contributed by atoms with E-state index in [0.29, 0.717) is 5.92 Å². The van der Waals surface area contributed by atoms with Gasteiger partial charge in [0.25, 0.3) is 0 Å². The Morgan fingerprint density at radius 2 is 1.76 bits per heavy atom. The third-order valence-corrected chi connectivity index (χ3v) is 4.92. The second-order valence-electron chi connectivity index (χ2n) is 6.59. The molecule has 1 saturated heterocycles. The average Bonchev–Trinajstić information content (AvgIpc) is 2.28. The molecule has 2 rings (SSSR count). The van der Waals surface area contributed by atoms with Crippen LogP contribution in [0.25, 0.3) is 0 Å². The molecule has 2 heteroatoms. The van der Waals surface area contributed by atoms with E-state index >= 15 is 0 Å². The number of rotatable bonds is 2. The van der Waals surface area contributed by atoms with E-state index in [1.54, 1.807) is 0 Å². The van der Waals surface area contributed by atoms with Crippen LogP contribution in [0.4, 0.5) is 0 Å². The summed E-state index contributed by atoms with van der Waals surface area (Å²) in [5, 5.41) is 9.96. The first kappa shape index (κ1) is 13.4. The number of nitrogens with zero attached hydrogens (tertiary/aromatic N) is 1. The Morgan fingerprint density at radius 1 is 1.12 bits per heavy atom. The summed E-state index contributed by atoms with van der Waals surface area (Å²) in [6, 6.07) is 0.787. The van der Waals surface area contributed by atoms with Crippen LogP contribution in [0.2, 0.25) is 0 Å². The monoisotopic (exact) mass is 239 g/mol. The molecule has 0 aromatic heterocycles. The van der Waals surface area contributed by atoms with E-state index in [1.807, 2.05) is 0 Å². The van der Waals surface area contributed by atoms with Gasteiger partial charge in [-0.1, -0.05) is 20.8 Å². The number of aliphatic hydroxyl groups excluding tert-OH is 1. The van der Waals surface area contributed by atoms with Gasteiger partial charge in [-0.3, -0.25) is 4.90 Å². The first-order valence-corrected chi connectivity index (χ1v) is 7.52. The smallest absolute Gasteiger partial charge is 0.0592 e. The molecule has 0 aromatic carbocycles. The first-order chi connectivity index (χ1) is 8.10. The van der Waals surface area contributed by atoms with Crippen LogP contribution in [-0.4, -0.2) is 35.2 Å². The predicted octanol–water partition coefficient (Wildman–Crippen LogP) is 2.90. The van der Waals surface area contributed by atoms with Gasteiger partial charge in [-0.15, -0.1) is 0 Å². The van der Waals surface area contributed by atoms with E-state index < -0.39 is 0 Å². The van der Waals surface area contributed by atoms with Gasteiger partial charge in [0.2, 0.25) is 0 Å². The van der Waals surface area contributed by atoms with E-state index in [2.05, 4.69) is 25.7 Å². The number of hydrogen-bond acceptors (Lipinski definition) is 2. The molecule has 4 atom stereocenters. The molecule has 1 heterocycles. The Balaban J connectivity index is 1.93. The Morgan fingerprint density at radius 3 is 2.35 bits per heavy atom. The molecule has 17 heavy (non-hydrogen) atoms. The molecule has 2 aliphatic rings. The van der Waals surface area contributed by atoms with Gasteiger partial charge in [0.05, 0.1) is 6.10 Å². The number of piperidine rings is 1. The fourth-order valence-electron chi connectivity index (χ4n) is 3.98. The molecule has 1 aliphatic heterocycles. The van der Waals surface area contributed by atoms with E-state index in [4.69, 9.17) is 0 Å². The van der Waals surface area contributed by atoms with Crippen molar-refractivity contribution >= 4 is 0 Å². The molecule has 0 bridgehead atoms. The first-order valence-electron chi connectivity index (χ1n) is 7.52.